The molecule has 0 rings (SSSR count). The Morgan fingerprint density at radius 3 is 1.50 bits per heavy atom. The molecule has 3 nitrogen and oxygen atoms in total. The Kier molecular flexibility index (Phi) is 19.8. The van der Waals surface area contributed by atoms with Gasteiger partial charge in [0.05, 0.1) is 6.61 Å². The van der Waals surface area contributed by atoms with E-state index >= 15 is 0 Å². The number of carbonyl (C=O) groups is 2. The Morgan fingerprint density at radius 1 is 0.577 bits per heavy atom. The number of hydrogen-bond donors (Lipinski definition) is 0. The molecule has 3 heteroatoms. The van der Waals surface area contributed by atoms with Crippen molar-refractivity contribution in [1.82, 2.24) is 0 Å². The van der Waals surface area contributed by atoms with Gasteiger partial charge in [0.15, 0.2) is 0 Å². The van der Waals surface area contributed by atoms with Gasteiger partial charge in [-0.05, 0) is 12.8 Å². The fourth-order valence-corrected chi connectivity index (χ4v) is 3.18. The summed E-state index contributed by atoms with van der Waals surface area (Å²) >= 11 is 0. The van der Waals surface area contributed by atoms with E-state index in [4.69, 9.17) is 4.74 Å². The topological polar surface area (TPSA) is 43.4 Å². The predicted octanol–water partition coefficient (Wildman–Crippen LogP) is 7.16. The normalized spacial score (nSPS) is 10.8. The third-order valence-corrected chi connectivity index (χ3v) is 4.91. The average molecular weight is 369 g/mol. The van der Waals surface area contributed by atoms with Crippen molar-refractivity contribution in [2.75, 3.05) is 6.61 Å². The van der Waals surface area contributed by atoms with Crippen molar-refractivity contribution >= 4 is 11.8 Å². The van der Waals surface area contributed by atoms with E-state index in [1.165, 1.54) is 64.2 Å². The van der Waals surface area contributed by atoms with E-state index in [1.54, 1.807) is 0 Å². The van der Waals surface area contributed by atoms with E-state index < -0.39 is 0 Å². The van der Waals surface area contributed by atoms with Gasteiger partial charge in [-0.25, -0.2) is 0 Å². The molecule has 0 fully saturated rings. The highest BCUT2D eigenvalue weighted by atomic mass is 16.5. The van der Waals surface area contributed by atoms with Gasteiger partial charge < -0.3 is 4.74 Å². The van der Waals surface area contributed by atoms with E-state index in [9.17, 15) is 9.59 Å². The molecule has 0 saturated heterocycles. The van der Waals surface area contributed by atoms with Crippen LogP contribution in [0.2, 0.25) is 0 Å². The summed E-state index contributed by atoms with van der Waals surface area (Å²) in [5.74, 6) is -0.311. The van der Waals surface area contributed by atoms with Gasteiger partial charge in [0.1, 0.15) is 12.2 Å². The van der Waals surface area contributed by atoms with Crippen LogP contribution in [0.1, 0.15) is 129 Å². The van der Waals surface area contributed by atoms with E-state index in [2.05, 4.69) is 13.8 Å². The van der Waals surface area contributed by atoms with Crippen LogP contribution < -0.4 is 0 Å². The van der Waals surface area contributed by atoms with E-state index in [0.29, 0.717) is 13.0 Å². The summed E-state index contributed by atoms with van der Waals surface area (Å²) in [7, 11) is 0. The first-order valence-electron chi connectivity index (χ1n) is 11.4. The number of Topliss-reactive ketones (excluding diaryl/α,β-unsaturated/α-hetero) is 1. The second-order valence-electron chi connectivity index (χ2n) is 7.64. The number of esters is 1. The van der Waals surface area contributed by atoms with E-state index in [-0.39, 0.29) is 18.2 Å². The van der Waals surface area contributed by atoms with Crippen LogP contribution in [0.5, 0.6) is 0 Å². The zero-order chi connectivity index (χ0) is 19.3. The summed E-state index contributed by atoms with van der Waals surface area (Å²) in [5.41, 5.74) is 0. The molecule has 0 aliphatic heterocycles. The van der Waals surface area contributed by atoms with E-state index in [0.717, 1.165) is 38.5 Å². The molecule has 0 heterocycles. The largest absolute Gasteiger partial charge is 0.465 e. The fourth-order valence-electron chi connectivity index (χ4n) is 3.18. The Hall–Kier alpha value is -0.860. The summed E-state index contributed by atoms with van der Waals surface area (Å²) < 4.78 is 5.17. The molecule has 0 atom stereocenters. The maximum atomic E-state index is 11.6. The average Bonchev–Trinajstić information content (AvgIpc) is 2.62. The lowest BCUT2D eigenvalue weighted by molar-refractivity contribution is -0.146. The van der Waals surface area contributed by atoms with Crippen molar-refractivity contribution in [2.24, 2.45) is 0 Å². The van der Waals surface area contributed by atoms with Gasteiger partial charge in [0.25, 0.3) is 0 Å². The molecule has 0 bridgehead atoms. The Labute approximate surface area is 162 Å². The van der Waals surface area contributed by atoms with Crippen molar-refractivity contribution in [2.45, 2.75) is 129 Å². The van der Waals surface area contributed by atoms with Crippen molar-refractivity contribution in [3.8, 4) is 0 Å². The quantitative estimate of drug-likeness (QED) is 0.130. The molecule has 0 aliphatic rings. The minimum Gasteiger partial charge on any atom is -0.465 e. The number of carbonyl (C=O) groups excluding carboxylic acids is 2. The maximum Gasteiger partial charge on any atom is 0.313 e. The van der Waals surface area contributed by atoms with Crippen LogP contribution in [0, 0.1) is 0 Å². The predicted molar refractivity (Wildman–Crippen MR) is 110 cm³/mol. The fraction of sp³-hybridized carbons (Fsp3) is 0.913. The molecule has 0 aromatic heterocycles. The molecule has 0 aliphatic carbocycles. The number of unbranched alkanes of at least 4 members (excludes halogenated alkanes) is 14. The van der Waals surface area contributed by atoms with Crippen molar-refractivity contribution in [1.29, 1.82) is 0 Å². The van der Waals surface area contributed by atoms with E-state index in [1.807, 2.05) is 0 Å². The minimum absolute atomic E-state index is 0.0285. The molecule has 154 valence electrons. The SMILES string of the molecule is CCCCCCCCCCCCCCOC(=O)CC(=O)CCCCCC. The van der Waals surface area contributed by atoms with Gasteiger partial charge in [-0.1, -0.05) is 104 Å². The number of hydrogen-bond acceptors (Lipinski definition) is 3. The lowest BCUT2D eigenvalue weighted by Gasteiger charge is -2.05. The third-order valence-electron chi connectivity index (χ3n) is 4.91. The summed E-state index contributed by atoms with van der Waals surface area (Å²) in [6, 6.07) is 0. The van der Waals surface area contributed by atoms with Gasteiger partial charge in [-0.15, -0.1) is 0 Å². The maximum absolute atomic E-state index is 11.6. The molecular weight excluding hydrogens is 324 g/mol. The lowest BCUT2D eigenvalue weighted by Crippen LogP contribution is -2.12. The summed E-state index contributed by atoms with van der Waals surface area (Å²) in [6.45, 7) is 4.88. The molecule has 0 amide bonds. The minimum atomic E-state index is -0.339. The Bertz CT molecular complexity index is 325. The summed E-state index contributed by atoms with van der Waals surface area (Å²) in [6.07, 6.45) is 20.3. The zero-order valence-corrected chi connectivity index (χ0v) is 17.7. The Balaban J connectivity index is 3.26. The summed E-state index contributed by atoms with van der Waals surface area (Å²) in [5, 5.41) is 0. The molecule has 0 aromatic rings. The number of ether oxygens (including phenoxy) is 1. The highest BCUT2D eigenvalue weighted by Gasteiger charge is 2.10. The Morgan fingerprint density at radius 2 is 1.00 bits per heavy atom. The van der Waals surface area contributed by atoms with Crippen molar-refractivity contribution in [3.63, 3.8) is 0 Å². The van der Waals surface area contributed by atoms with Crippen LogP contribution in [-0.4, -0.2) is 18.4 Å². The molecule has 0 N–H and O–H groups in total. The van der Waals surface area contributed by atoms with Crippen LogP contribution in [-0.2, 0) is 14.3 Å². The molecular formula is C23H44O3. The first-order valence-corrected chi connectivity index (χ1v) is 11.4. The van der Waals surface area contributed by atoms with Gasteiger partial charge in [0.2, 0.25) is 0 Å². The first kappa shape index (κ1) is 25.1. The molecule has 26 heavy (non-hydrogen) atoms. The van der Waals surface area contributed by atoms with Gasteiger partial charge in [-0.3, -0.25) is 9.59 Å². The molecule has 0 radical (unpaired) electrons. The highest BCUT2D eigenvalue weighted by Crippen LogP contribution is 2.12. The molecule has 0 unspecified atom stereocenters. The second-order valence-corrected chi connectivity index (χ2v) is 7.64. The van der Waals surface area contributed by atoms with Crippen molar-refractivity contribution < 1.29 is 14.3 Å². The zero-order valence-electron chi connectivity index (χ0n) is 17.7. The van der Waals surface area contributed by atoms with Gasteiger partial charge in [-0.2, -0.15) is 0 Å². The standard InChI is InChI=1S/C23H44O3/c1-3-5-7-9-10-11-12-13-14-15-16-18-20-26-23(25)21-22(24)19-17-8-6-4-2/h3-21H2,1-2H3. The number of ketones is 1. The van der Waals surface area contributed by atoms with Gasteiger partial charge in [0, 0.05) is 6.42 Å². The van der Waals surface area contributed by atoms with Crippen LogP contribution >= 0.6 is 0 Å². The van der Waals surface area contributed by atoms with Crippen LogP contribution in [0.15, 0.2) is 0 Å². The van der Waals surface area contributed by atoms with Gasteiger partial charge >= 0.3 is 5.97 Å². The first-order chi connectivity index (χ1) is 12.7. The molecule has 0 spiro atoms. The molecule has 0 saturated carbocycles. The lowest BCUT2D eigenvalue weighted by atomic mass is 10.1. The summed E-state index contributed by atoms with van der Waals surface area (Å²) in [4.78, 5) is 23.3. The van der Waals surface area contributed by atoms with Crippen LogP contribution in [0.25, 0.3) is 0 Å². The molecule has 0 aromatic carbocycles. The highest BCUT2D eigenvalue weighted by molar-refractivity contribution is 5.95. The number of rotatable bonds is 20. The second kappa shape index (κ2) is 20.5. The monoisotopic (exact) mass is 368 g/mol. The van der Waals surface area contributed by atoms with Crippen LogP contribution in [0.3, 0.4) is 0 Å². The van der Waals surface area contributed by atoms with Crippen LogP contribution in [0.4, 0.5) is 0 Å². The third kappa shape index (κ3) is 19.5. The smallest absolute Gasteiger partial charge is 0.313 e. The van der Waals surface area contributed by atoms with Crippen molar-refractivity contribution in [3.05, 3.63) is 0 Å².